The van der Waals surface area contributed by atoms with E-state index in [1.54, 1.807) is 26.0 Å². The molecule has 32 heavy (non-hydrogen) atoms. The first-order valence-electron chi connectivity index (χ1n) is 10.6. The molecule has 2 aliphatic rings. The zero-order valence-electron chi connectivity index (χ0n) is 18.1. The molecule has 1 atom stereocenters. The van der Waals surface area contributed by atoms with Gasteiger partial charge in [0.2, 0.25) is 15.9 Å². The van der Waals surface area contributed by atoms with Gasteiger partial charge in [0.05, 0.1) is 35.5 Å². The monoisotopic (exact) mass is 482 g/mol. The van der Waals surface area contributed by atoms with Gasteiger partial charge in [-0.2, -0.15) is 4.31 Å². The van der Waals surface area contributed by atoms with Crippen molar-refractivity contribution in [3.05, 3.63) is 34.7 Å². The first kappa shape index (κ1) is 23.0. The Labute approximate surface area is 192 Å². The Kier molecular flexibility index (Phi) is 6.75. The number of amides is 1. The highest BCUT2D eigenvalue weighted by Crippen LogP contribution is 2.35. The van der Waals surface area contributed by atoms with Crippen molar-refractivity contribution in [3.63, 3.8) is 0 Å². The van der Waals surface area contributed by atoms with Crippen LogP contribution in [-0.2, 0) is 19.6 Å². The summed E-state index contributed by atoms with van der Waals surface area (Å²) >= 11 is 6.47. The predicted molar refractivity (Wildman–Crippen MR) is 121 cm³/mol. The number of carbonyl (C=O) groups excluding carboxylic acids is 1. The summed E-state index contributed by atoms with van der Waals surface area (Å²) in [6.45, 7) is 6.18. The van der Waals surface area contributed by atoms with E-state index in [-0.39, 0.29) is 23.1 Å². The number of morpholine rings is 1. The van der Waals surface area contributed by atoms with Gasteiger partial charge >= 0.3 is 0 Å². The summed E-state index contributed by atoms with van der Waals surface area (Å²) in [5.74, 6) is -0.445. The van der Waals surface area contributed by atoms with E-state index in [1.807, 2.05) is 6.07 Å². The lowest BCUT2D eigenvalue weighted by molar-refractivity contribution is -0.120. The quantitative estimate of drug-likeness (QED) is 0.698. The van der Waals surface area contributed by atoms with Crippen LogP contribution in [0.5, 0.6) is 0 Å². The molecule has 174 valence electrons. The number of hydrogen-bond acceptors (Lipinski definition) is 7. The molecule has 4 rings (SSSR count). The van der Waals surface area contributed by atoms with Crippen LogP contribution in [0.3, 0.4) is 0 Å². The van der Waals surface area contributed by atoms with Crippen molar-refractivity contribution in [2.45, 2.75) is 31.6 Å². The van der Waals surface area contributed by atoms with Crippen LogP contribution in [0.4, 0.5) is 11.4 Å². The third-order valence-electron chi connectivity index (χ3n) is 5.89. The minimum absolute atomic E-state index is 0.0861. The summed E-state index contributed by atoms with van der Waals surface area (Å²) in [6, 6.07) is 5.40. The topological polar surface area (TPSA) is 105 Å². The maximum Gasteiger partial charge on any atom is 0.248 e. The SMILES string of the molecule is Cc1noc(C)c1S(=O)(=O)N1CCCC(C(=O)Nc2cccc(Cl)c2N2CCOCC2)C1. The smallest absolute Gasteiger partial charge is 0.248 e. The lowest BCUT2D eigenvalue weighted by atomic mass is 9.98. The number of nitrogens with one attached hydrogen (secondary N) is 1. The highest BCUT2D eigenvalue weighted by Gasteiger charge is 2.36. The number of halogens is 1. The highest BCUT2D eigenvalue weighted by molar-refractivity contribution is 7.89. The van der Waals surface area contributed by atoms with Gasteiger partial charge in [-0.25, -0.2) is 8.42 Å². The second-order valence-electron chi connectivity index (χ2n) is 8.08. The first-order chi connectivity index (χ1) is 15.3. The summed E-state index contributed by atoms with van der Waals surface area (Å²) in [5, 5.41) is 7.30. The molecule has 1 aromatic carbocycles. The van der Waals surface area contributed by atoms with E-state index in [0.29, 0.717) is 62.1 Å². The number of carbonyl (C=O) groups is 1. The number of ether oxygens (including phenoxy) is 1. The minimum atomic E-state index is -3.80. The van der Waals surface area contributed by atoms with Gasteiger partial charge in [0.25, 0.3) is 0 Å². The van der Waals surface area contributed by atoms with Crippen molar-refractivity contribution in [2.24, 2.45) is 5.92 Å². The molecule has 3 heterocycles. The molecule has 1 amide bonds. The van der Waals surface area contributed by atoms with Crippen molar-refractivity contribution >= 4 is 38.9 Å². The molecule has 11 heteroatoms. The maximum absolute atomic E-state index is 13.2. The fourth-order valence-electron chi connectivity index (χ4n) is 4.31. The van der Waals surface area contributed by atoms with E-state index in [2.05, 4.69) is 15.4 Å². The van der Waals surface area contributed by atoms with Crippen LogP contribution in [0.15, 0.2) is 27.6 Å². The average molecular weight is 483 g/mol. The van der Waals surface area contributed by atoms with E-state index in [0.717, 1.165) is 5.69 Å². The molecule has 1 N–H and O–H groups in total. The van der Waals surface area contributed by atoms with Gasteiger partial charge in [0, 0.05) is 26.2 Å². The number of aromatic nitrogens is 1. The zero-order chi connectivity index (χ0) is 22.9. The number of rotatable bonds is 5. The Hall–Kier alpha value is -2.14. The average Bonchev–Trinajstić information content (AvgIpc) is 3.13. The normalized spacial score (nSPS) is 20.3. The molecule has 1 unspecified atom stereocenters. The number of nitrogens with zero attached hydrogens (tertiary/aromatic N) is 3. The van der Waals surface area contributed by atoms with Gasteiger partial charge < -0.3 is 19.5 Å². The Morgan fingerprint density at radius 2 is 1.97 bits per heavy atom. The Morgan fingerprint density at radius 1 is 1.22 bits per heavy atom. The fourth-order valence-corrected chi connectivity index (χ4v) is 6.42. The number of piperidine rings is 1. The lowest BCUT2D eigenvalue weighted by Gasteiger charge is -2.33. The Morgan fingerprint density at radius 3 is 2.66 bits per heavy atom. The van der Waals surface area contributed by atoms with Crippen LogP contribution in [0.1, 0.15) is 24.3 Å². The number of sulfonamides is 1. The Bertz CT molecular complexity index is 1080. The molecule has 2 saturated heterocycles. The first-order valence-corrected chi connectivity index (χ1v) is 12.5. The molecule has 0 saturated carbocycles. The van der Waals surface area contributed by atoms with Crippen molar-refractivity contribution < 1.29 is 22.5 Å². The van der Waals surface area contributed by atoms with E-state index < -0.39 is 15.9 Å². The van der Waals surface area contributed by atoms with Gasteiger partial charge in [-0.15, -0.1) is 0 Å². The lowest BCUT2D eigenvalue weighted by Crippen LogP contribution is -2.44. The molecule has 0 bridgehead atoms. The van der Waals surface area contributed by atoms with Gasteiger partial charge in [-0.3, -0.25) is 4.79 Å². The predicted octanol–water partition coefficient (Wildman–Crippen LogP) is 2.82. The highest BCUT2D eigenvalue weighted by atomic mass is 35.5. The number of benzene rings is 1. The maximum atomic E-state index is 13.2. The Balaban J connectivity index is 1.52. The third-order valence-corrected chi connectivity index (χ3v) is 8.31. The molecular formula is C21H27ClN4O5S. The molecule has 2 aromatic rings. The van der Waals surface area contributed by atoms with Crippen molar-refractivity contribution in [1.82, 2.24) is 9.46 Å². The summed E-state index contributed by atoms with van der Waals surface area (Å²) in [6.07, 6.45) is 1.19. The van der Waals surface area contributed by atoms with Crippen LogP contribution in [0, 0.1) is 19.8 Å². The number of hydrogen-bond donors (Lipinski definition) is 1. The number of para-hydroxylation sites is 1. The summed E-state index contributed by atoms with van der Waals surface area (Å²) in [7, 11) is -3.80. The molecule has 0 radical (unpaired) electrons. The zero-order valence-corrected chi connectivity index (χ0v) is 19.7. The fraction of sp³-hybridized carbons (Fsp3) is 0.524. The molecule has 1 aromatic heterocycles. The van der Waals surface area contributed by atoms with E-state index >= 15 is 0 Å². The molecule has 2 aliphatic heterocycles. The van der Waals surface area contributed by atoms with E-state index in [9.17, 15) is 13.2 Å². The second kappa shape index (κ2) is 9.38. The van der Waals surface area contributed by atoms with Crippen LogP contribution in [0.25, 0.3) is 0 Å². The molecule has 0 spiro atoms. The van der Waals surface area contributed by atoms with Crippen LogP contribution in [-0.4, -0.2) is 63.2 Å². The van der Waals surface area contributed by atoms with E-state index in [4.69, 9.17) is 20.9 Å². The van der Waals surface area contributed by atoms with Gasteiger partial charge in [0.1, 0.15) is 10.6 Å². The van der Waals surface area contributed by atoms with E-state index in [1.165, 1.54) is 4.31 Å². The van der Waals surface area contributed by atoms with Crippen LogP contribution < -0.4 is 10.2 Å². The molecule has 0 aliphatic carbocycles. The van der Waals surface area contributed by atoms with Crippen molar-refractivity contribution in [1.29, 1.82) is 0 Å². The second-order valence-corrected chi connectivity index (χ2v) is 10.4. The largest absolute Gasteiger partial charge is 0.378 e. The van der Waals surface area contributed by atoms with Gasteiger partial charge in [-0.05, 0) is 38.8 Å². The van der Waals surface area contributed by atoms with Crippen molar-refractivity contribution in [3.8, 4) is 0 Å². The van der Waals surface area contributed by atoms with Crippen molar-refractivity contribution in [2.75, 3.05) is 49.6 Å². The van der Waals surface area contributed by atoms with Gasteiger partial charge in [0.15, 0.2) is 5.76 Å². The molecule has 9 nitrogen and oxygen atoms in total. The summed E-state index contributed by atoms with van der Waals surface area (Å²) < 4.78 is 38.2. The van der Waals surface area contributed by atoms with Gasteiger partial charge in [-0.1, -0.05) is 22.8 Å². The third kappa shape index (κ3) is 4.50. The minimum Gasteiger partial charge on any atom is -0.378 e. The number of aryl methyl sites for hydroxylation is 2. The summed E-state index contributed by atoms with van der Waals surface area (Å²) in [5.41, 5.74) is 1.71. The standard InChI is InChI=1S/C21H27ClN4O5S/c1-14-20(15(2)31-24-14)32(28,29)26-8-4-5-16(13-26)21(27)23-18-7-3-6-17(22)19(18)25-9-11-30-12-10-25/h3,6-7,16H,4-5,8-13H2,1-2H3,(H,23,27). The summed E-state index contributed by atoms with van der Waals surface area (Å²) in [4.78, 5) is 15.3. The van der Waals surface area contributed by atoms with Crippen LogP contribution >= 0.6 is 11.6 Å². The van der Waals surface area contributed by atoms with Crippen LogP contribution in [0.2, 0.25) is 5.02 Å². The molecule has 2 fully saturated rings. The number of anilines is 2. The molecular weight excluding hydrogens is 456 g/mol.